The maximum atomic E-state index is 12.5. The summed E-state index contributed by atoms with van der Waals surface area (Å²) in [6.45, 7) is 2.38. The molecule has 2 aliphatic rings. The summed E-state index contributed by atoms with van der Waals surface area (Å²) in [5.41, 5.74) is 0. The molecular weight excluding hydrogens is 308 g/mol. The SMILES string of the molecule is C[C@H]1/C=C\CCCCCCC(=O)N2CCC[C@H]2C(=O)NC1C(=O)O. The second-order valence-electron chi connectivity index (χ2n) is 6.81. The number of aliphatic carboxylic acids is 1. The lowest BCUT2D eigenvalue weighted by atomic mass is 10.00. The first-order valence-corrected chi connectivity index (χ1v) is 9.00. The third kappa shape index (κ3) is 4.82. The molecule has 3 atom stereocenters. The normalized spacial score (nSPS) is 31.5. The number of carbonyl (C=O) groups is 3. The molecule has 6 nitrogen and oxygen atoms in total. The highest BCUT2D eigenvalue weighted by molar-refractivity contribution is 5.91. The molecule has 0 aromatic carbocycles. The quantitative estimate of drug-likeness (QED) is 0.718. The summed E-state index contributed by atoms with van der Waals surface area (Å²) in [6, 6.07) is -1.49. The zero-order valence-corrected chi connectivity index (χ0v) is 14.4. The summed E-state index contributed by atoms with van der Waals surface area (Å²) < 4.78 is 0. The van der Waals surface area contributed by atoms with Crippen molar-refractivity contribution in [1.29, 1.82) is 0 Å². The average molecular weight is 336 g/mol. The van der Waals surface area contributed by atoms with E-state index in [4.69, 9.17) is 0 Å². The van der Waals surface area contributed by atoms with Gasteiger partial charge in [0.05, 0.1) is 0 Å². The van der Waals surface area contributed by atoms with Crippen molar-refractivity contribution < 1.29 is 19.5 Å². The Hall–Kier alpha value is -1.85. The van der Waals surface area contributed by atoms with Crippen molar-refractivity contribution in [2.45, 2.75) is 70.4 Å². The molecule has 0 radical (unpaired) electrons. The van der Waals surface area contributed by atoms with Gasteiger partial charge in [-0.3, -0.25) is 9.59 Å². The second kappa shape index (κ2) is 8.85. The highest BCUT2D eigenvalue weighted by Crippen LogP contribution is 2.21. The number of nitrogens with one attached hydrogen (secondary N) is 1. The highest BCUT2D eigenvalue weighted by Gasteiger charge is 2.36. The van der Waals surface area contributed by atoms with Gasteiger partial charge in [0.2, 0.25) is 11.8 Å². The van der Waals surface area contributed by atoms with Gasteiger partial charge in [0.1, 0.15) is 12.1 Å². The predicted octanol–water partition coefficient (Wildman–Crippen LogP) is 2.09. The lowest BCUT2D eigenvalue weighted by Gasteiger charge is -2.26. The van der Waals surface area contributed by atoms with E-state index in [1.807, 2.05) is 12.2 Å². The molecule has 2 N–H and O–H groups in total. The van der Waals surface area contributed by atoms with Crippen LogP contribution in [0.25, 0.3) is 0 Å². The zero-order chi connectivity index (χ0) is 17.5. The molecule has 2 aliphatic heterocycles. The Morgan fingerprint density at radius 2 is 1.96 bits per heavy atom. The van der Waals surface area contributed by atoms with Crippen LogP contribution in [0.15, 0.2) is 12.2 Å². The van der Waals surface area contributed by atoms with Crippen molar-refractivity contribution in [2.24, 2.45) is 5.92 Å². The lowest BCUT2D eigenvalue weighted by molar-refractivity contribution is -0.144. The number of fused-ring (bicyclic) bond motifs is 1. The van der Waals surface area contributed by atoms with Crippen molar-refractivity contribution in [3.63, 3.8) is 0 Å². The molecule has 2 rings (SSSR count). The Balaban J connectivity index is 2.15. The summed E-state index contributed by atoms with van der Waals surface area (Å²) in [5, 5.41) is 12.1. The van der Waals surface area contributed by atoms with Crippen molar-refractivity contribution >= 4 is 17.8 Å². The monoisotopic (exact) mass is 336 g/mol. The first kappa shape index (κ1) is 18.5. The number of allylic oxidation sites excluding steroid dienone is 1. The maximum Gasteiger partial charge on any atom is 0.326 e. The van der Waals surface area contributed by atoms with E-state index in [0.29, 0.717) is 19.4 Å². The van der Waals surface area contributed by atoms with Crippen molar-refractivity contribution in [3.8, 4) is 0 Å². The number of rotatable bonds is 1. The number of carbonyl (C=O) groups excluding carboxylic acids is 2. The molecule has 24 heavy (non-hydrogen) atoms. The molecule has 0 spiro atoms. The van der Waals surface area contributed by atoms with E-state index in [2.05, 4.69) is 5.32 Å². The van der Waals surface area contributed by atoms with Gasteiger partial charge in [-0.1, -0.05) is 31.9 Å². The minimum Gasteiger partial charge on any atom is -0.480 e. The molecule has 0 saturated carbocycles. The highest BCUT2D eigenvalue weighted by atomic mass is 16.4. The third-order valence-electron chi connectivity index (χ3n) is 4.92. The molecule has 0 aliphatic carbocycles. The van der Waals surface area contributed by atoms with E-state index in [0.717, 1.165) is 38.5 Å². The van der Waals surface area contributed by atoms with E-state index >= 15 is 0 Å². The van der Waals surface area contributed by atoms with Gasteiger partial charge in [-0.2, -0.15) is 0 Å². The molecule has 0 bridgehead atoms. The van der Waals surface area contributed by atoms with Crippen LogP contribution < -0.4 is 5.32 Å². The van der Waals surface area contributed by atoms with Crippen molar-refractivity contribution in [3.05, 3.63) is 12.2 Å². The van der Waals surface area contributed by atoms with E-state index < -0.39 is 18.1 Å². The van der Waals surface area contributed by atoms with Crippen LogP contribution in [-0.2, 0) is 14.4 Å². The van der Waals surface area contributed by atoms with Gasteiger partial charge < -0.3 is 15.3 Å². The molecule has 134 valence electrons. The Kier molecular flexibility index (Phi) is 6.82. The lowest BCUT2D eigenvalue weighted by Crippen LogP contribution is -2.52. The van der Waals surface area contributed by atoms with Crippen LogP contribution >= 0.6 is 0 Å². The average Bonchev–Trinajstić information content (AvgIpc) is 3.03. The maximum absolute atomic E-state index is 12.5. The molecule has 0 aromatic heterocycles. The van der Waals surface area contributed by atoms with Gasteiger partial charge in [0.15, 0.2) is 0 Å². The molecular formula is C18H28N2O4. The van der Waals surface area contributed by atoms with E-state index in [1.54, 1.807) is 11.8 Å². The number of hydrogen-bond acceptors (Lipinski definition) is 3. The predicted molar refractivity (Wildman–Crippen MR) is 90.3 cm³/mol. The largest absolute Gasteiger partial charge is 0.480 e. The van der Waals surface area contributed by atoms with Gasteiger partial charge in [-0.25, -0.2) is 4.79 Å². The van der Waals surface area contributed by atoms with Gasteiger partial charge in [0.25, 0.3) is 0 Å². The topological polar surface area (TPSA) is 86.7 Å². The zero-order valence-electron chi connectivity index (χ0n) is 14.4. The molecule has 1 saturated heterocycles. The Morgan fingerprint density at radius 1 is 1.21 bits per heavy atom. The van der Waals surface area contributed by atoms with Crippen LogP contribution in [0.4, 0.5) is 0 Å². The van der Waals surface area contributed by atoms with E-state index in [1.165, 1.54) is 0 Å². The van der Waals surface area contributed by atoms with Crippen LogP contribution in [0, 0.1) is 5.92 Å². The Morgan fingerprint density at radius 3 is 2.71 bits per heavy atom. The molecule has 0 aromatic rings. The summed E-state index contributed by atoms with van der Waals surface area (Å²) in [7, 11) is 0. The van der Waals surface area contributed by atoms with Crippen LogP contribution in [-0.4, -0.2) is 46.4 Å². The summed E-state index contributed by atoms with van der Waals surface area (Å²) in [5.74, 6) is -1.66. The number of carboxylic acids is 1. The fraction of sp³-hybridized carbons (Fsp3) is 0.722. The van der Waals surface area contributed by atoms with E-state index in [9.17, 15) is 19.5 Å². The fourth-order valence-electron chi connectivity index (χ4n) is 3.46. The number of nitrogens with zero attached hydrogens (tertiary/aromatic N) is 1. The standard InChI is InChI=1S/C18H28N2O4/c1-13-9-6-4-2-3-5-7-11-15(21)20-12-8-10-14(20)17(22)19-16(13)18(23)24/h6,9,13-14,16H,2-5,7-8,10-12H2,1H3,(H,19,22)(H,23,24)/b9-6-/t13-,14-,16?/m0/s1. The van der Waals surface area contributed by atoms with Gasteiger partial charge in [-0.15, -0.1) is 0 Å². The minimum absolute atomic E-state index is 0.0144. The summed E-state index contributed by atoms with van der Waals surface area (Å²) in [4.78, 5) is 38.1. The van der Waals surface area contributed by atoms with Gasteiger partial charge in [0, 0.05) is 18.9 Å². The summed E-state index contributed by atoms with van der Waals surface area (Å²) in [6.07, 6.45) is 10.6. The molecule has 2 amide bonds. The van der Waals surface area contributed by atoms with Crippen LogP contribution in [0.1, 0.15) is 58.3 Å². The fourth-order valence-corrected chi connectivity index (χ4v) is 3.46. The number of hydrogen-bond donors (Lipinski definition) is 2. The van der Waals surface area contributed by atoms with Crippen molar-refractivity contribution in [1.82, 2.24) is 10.2 Å². The smallest absolute Gasteiger partial charge is 0.326 e. The second-order valence-corrected chi connectivity index (χ2v) is 6.81. The third-order valence-corrected chi connectivity index (χ3v) is 4.92. The first-order valence-electron chi connectivity index (χ1n) is 9.00. The minimum atomic E-state index is -1.04. The summed E-state index contributed by atoms with van der Waals surface area (Å²) >= 11 is 0. The molecule has 2 heterocycles. The van der Waals surface area contributed by atoms with Gasteiger partial charge in [-0.05, 0) is 32.1 Å². The van der Waals surface area contributed by atoms with Crippen LogP contribution in [0.2, 0.25) is 0 Å². The Labute approximate surface area is 143 Å². The number of carboxylic acid groups (broad SMARTS) is 1. The first-order chi connectivity index (χ1) is 11.5. The van der Waals surface area contributed by atoms with Crippen molar-refractivity contribution in [2.75, 3.05) is 6.54 Å². The van der Waals surface area contributed by atoms with E-state index in [-0.39, 0.29) is 17.7 Å². The molecule has 1 fully saturated rings. The van der Waals surface area contributed by atoms with Gasteiger partial charge >= 0.3 is 5.97 Å². The Bertz CT molecular complexity index is 503. The number of amides is 2. The van der Waals surface area contributed by atoms with Crippen LogP contribution in [0.3, 0.4) is 0 Å². The molecule has 1 unspecified atom stereocenters. The van der Waals surface area contributed by atoms with Crippen LogP contribution in [0.5, 0.6) is 0 Å². The molecule has 6 heteroatoms.